The van der Waals surface area contributed by atoms with E-state index < -0.39 is 0 Å². The molecule has 0 fully saturated rings. The molecule has 3 nitrogen and oxygen atoms in total. The fourth-order valence-electron chi connectivity index (χ4n) is 4.11. The summed E-state index contributed by atoms with van der Waals surface area (Å²) in [5.41, 5.74) is 7.06. The van der Waals surface area contributed by atoms with Crippen LogP contribution in [-0.2, 0) is 28.9 Å². The molecule has 0 bridgehead atoms. The number of aromatic nitrogens is 1. The van der Waals surface area contributed by atoms with Crippen LogP contribution in [0.5, 0.6) is 0 Å². The second-order valence-corrected chi connectivity index (χ2v) is 7.53. The molecule has 152 valence electrons. The maximum atomic E-state index is 12.3. The van der Waals surface area contributed by atoms with E-state index in [9.17, 15) is 4.79 Å². The van der Waals surface area contributed by atoms with Gasteiger partial charge in [0, 0.05) is 23.1 Å². The summed E-state index contributed by atoms with van der Waals surface area (Å²) in [6.07, 6.45) is 1.25. The molecule has 3 aromatic carbocycles. The number of fused-ring (bicyclic) bond motifs is 1. The fourth-order valence-corrected chi connectivity index (χ4v) is 4.11. The summed E-state index contributed by atoms with van der Waals surface area (Å²) in [5.74, 6) is -0.171. The Morgan fingerprint density at radius 2 is 1.60 bits per heavy atom. The van der Waals surface area contributed by atoms with Gasteiger partial charge in [0.2, 0.25) is 0 Å². The second kappa shape index (κ2) is 9.00. The zero-order valence-electron chi connectivity index (χ0n) is 17.6. The molecule has 0 radical (unpaired) electrons. The lowest BCUT2D eigenvalue weighted by molar-refractivity contribution is -0.142. The zero-order valence-corrected chi connectivity index (χ0v) is 17.6. The van der Waals surface area contributed by atoms with Gasteiger partial charge in [0.25, 0.3) is 0 Å². The van der Waals surface area contributed by atoms with Crippen LogP contribution in [0.1, 0.15) is 23.7 Å². The molecule has 0 saturated heterocycles. The number of esters is 1. The summed E-state index contributed by atoms with van der Waals surface area (Å²) < 4.78 is 7.58. The van der Waals surface area contributed by atoms with E-state index in [0.717, 1.165) is 29.6 Å². The molecule has 0 aliphatic carbocycles. The molecule has 0 saturated carbocycles. The number of nitrogens with zero attached hydrogens (tertiary/aromatic N) is 1. The zero-order chi connectivity index (χ0) is 20.9. The summed E-state index contributed by atoms with van der Waals surface area (Å²) in [7, 11) is 0. The van der Waals surface area contributed by atoms with Gasteiger partial charge in [-0.3, -0.25) is 4.79 Å². The van der Waals surface area contributed by atoms with Gasteiger partial charge in [0.1, 0.15) is 0 Å². The van der Waals surface area contributed by atoms with Gasteiger partial charge in [0.05, 0.1) is 13.0 Å². The molecule has 30 heavy (non-hydrogen) atoms. The van der Waals surface area contributed by atoms with Gasteiger partial charge in [-0.15, -0.1) is 0 Å². The maximum Gasteiger partial charge on any atom is 0.310 e. The van der Waals surface area contributed by atoms with Crippen LogP contribution in [0.25, 0.3) is 22.0 Å². The lowest BCUT2D eigenvalue weighted by atomic mass is 10.0. The van der Waals surface area contributed by atoms with Crippen LogP contribution in [0.15, 0.2) is 78.9 Å². The van der Waals surface area contributed by atoms with Gasteiger partial charge in [-0.2, -0.15) is 0 Å². The van der Waals surface area contributed by atoms with Crippen molar-refractivity contribution in [3.05, 3.63) is 95.7 Å². The molecule has 0 aliphatic rings. The van der Waals surface area contributed by atoms with E-state index in [0.29, 0.717) is 13.0 Å². The highest BCUT2D eigenvalue weighted by molar-refractivity contribution is 5.92. The molecule has 1 aromatic heterocycles. The smallest absolute Gasteiger partial charge is 0.310 e. The normalized spacial score (nSPS) is 11.0. The Hall–Kier alpha value is -3.33. The summed E-state index contributed by atoms with van der Waals surface area (Å²) in [4.78, 5) is 12.3. The number of ether oxygens (including phenoxy) is 1. The first-order chi connectivity index (χ1) is 14.7. The van der Waals surface area contributed by atoms with Crippen molar-refractivity contribution >= 4 is 16.9 Å². The third-order valence-electron chi connectivity index (χ3n) is 5.66. The van der Waals surface area contributed by atoms with Crippen molar-refractivity contribution in [3.8, 4) is 11.1 Å². The minimum atomic E-state index is -0.171. The van der Waals surface area contributed by atoms with Gasteiger partial charge < -0.3 is 9.30 Å². The van der Waals surface area contributed by atoms with E-state index in [1.807, 2.05) is 19.1 Å². The van der Waals surface area contributed by atoms with Gasteiger partial charge in [0.15, 0.2) is 0 Å². The Labute approximate surface area is 177 Å². The van der Waals surface area contributed by atoms with E-state index in [1.54, 1.807) is 0 Å². The molecule has 0 unspecified atom stereocenters. The third-order valence-corrected chi connectivity index (χ3v) is 5.66. The van der Waals surface area contributed by atoms with Gasteiger partial charge in [-0.05, 0) is 48.6 Å². The first-order valence-electron chi connectivity index (χ1n) is 10.5. The number of hydrogen-bond acceptors (Lipinski definition) is 2. The number of aryl methyl sites for hydroxylation is 2. The van der Waals surface area contributed by atoms with Gasteiger partial charge in [-0.1, -0.05) is 72.8 Å². The van der Waals surface area contributed by atoms with Gasteiger partial charge >= 0.3 is 5.97 Å². The molecular weight excluding hydrogens is 370 g/mol. The van der Waals surface area contributed by atoms with E-state index in [1.165, 1.54) is 22.2 Å². The van der Waals surface area contributed by atoms with Crippen molar-refractivity contribution in [2.45, 2.75) is 33.2 Å². The van der Waals surface area contributed by atoms with Crippen molar-refractivity contribution in [3.63, 3.8) is 0 Å². The van der Waals surface area contributed by atoms with Crippen LogP contribution in [0.2, 0.25) is 0 Å². The minimum Gasteiger partial charge on any atom is -0.466 e. The highest BCUT2D eigenvalue weighted by atomic mass is 16.5. The molecule has 0 atom stereocenters. The predicted octanol–water partition coefficient (Wildman–Crippen LogP) is 5.97. The monoisotopic (exact) mass is 397 g/mol. The minimum absolute atomic E-state index is 0.171. The van der Waals surface area contributed by atoms with Crippen LogP contribution in [0, 0.1) is 6.92 Å². The van der Waals surface area contributed by atoms with E-state index in [4.69, 9.17) is 4.74 Å². The molecule has 0 aliphatic heterocycles. The van der Waals surface area contributed by atoms with Crippen molar-refractivity contribution in [1.29, 1.82) is 0 Å². The van der Waals surface area contributed by atoms with Crippen molar-refractivity contribution in [1.82, 2.24) is 4.57 Å². The van der Waals surface area contributed by atoms with E-state index in [-0.39, 0.29) is 5.97 Å². The topological polar surface area (TPSA) is 31.2 Å². The Morgan fingerprint density at radius 3 is 2.30 bits per heavy atom. The molecule has 3 heteroatoms. The highest BCUT2D eigenvalue weighted by Gasteiger charge is 2.18. The Morgan fingerprint density at radius 1 is 0.900 bits per heavy atom. The van der Waals surface area contributed by atoms with Crippen LogP contribution in [0.4, 0.5) is 0 Å². The van der Waals surface area contributed by atoms with Gasteiger partial charge in [-0.25, -0.2) is 0 Å². The first-order valence-corrected chi connectivity index (χ1v) is 10.5. The molecular formula is C27H27NO2. The molecule has 0 N–H and O–H groups in total. The molecule has 4 aromatic rings. The number of carbonyl (C=O) groups is 1. The first kappa shape index (κ1) is 20.0. The molecule has 1 heterocycles. The summed E-state index contributed by atoms with van der Waals surface area (Å²) >= 11 is 0. The maximum absolute atomic E-state index is 12.3. The average Bonchev–Trinajstić information content (AvgIpc) is 3.04. The Kier molecular flexibility index (Phi) is 5.99. The van der Waals surface area contributed by atoms with Crippen LogP contribution in [0.3, 0.4) is 0 Å². The number of benzene rings is 3. The summed E-state index contributed by atoms with van der Waals surface area (Å²) in [6, 6.07) is 27.5. The lowest BCUT2D eigenvalue weighted by Gasteiger charge is -2.10. The quantitative estimate of drug-likeness (QED) is 0.360. The highest BCUT2D eigenvalue weighted by Crippen LogP contribution is 2.31. The summed E-state index contributed by atoms with van der Waals surface area (Å²) in [6.45, 7) is 5.23. The SMILES string of the molecule is CCOC(=O)Cc1c(C)n(CCc2ccccc2)c2cc(-c3ccccc3)ccc12. The lowest BCUT2D eigenvalue weighted by Crippen LogP contribution is -2.09. The molecule has 0 spiro atoms. The largest absolute Gasteiger partial charge is 0.466 e. The summed E-state index contributed by atoms with van der Waals surface area (Å²) in [5, 5.41) is 1.13. The Balaban J connectivity index is 1.77. The van der Waals surface area contributed by atoms with Crippen molar-refractivity contribution in [2.75, 3.05) is 6.61 Å². The number of hydrogen-bond donors (Lipinski definition) is 0. The Bertz CT molecular complexity index is 1140. The third kappa shape index (κ3) is 4.16. The average molecular weight is 398 g/mol. The molecule has 4 rings (SSSR count). The predicted molar refractivity (Wildman–Crippen MR) is 123 cm³/mol. The van der Waals surface area contributed by atoms with Crippen molar-refractivity contribution in [2.24, 2.45) is 0 Å². The van der Waals surface area contributed by atoms with Crippen LogP contribution < -0.4 is 0 Å². The fraction of sp³-hybridized carbons (Fsp3) is 0.222. The van der Waals surface area contributed by atoms with Crippen LogP contribution in [-0.4, -0.2) is 17.1 Å². The molecule has 0 amide bonds. The van der Waals surface area contributed by atoms with Crippen molar-refractivity contribution < 1.29 is 9.53 Å². The van der Waals surface area contributed by atoms with E-state index in [2.05, 4.69) is 78.2 Å². The number of carbonyl (C=O) groups excluding carboxylic acids is 1. The standard InChI is InChI=1S/C27H27NO2/c1-3-30-27(29)19-25-20(2)28(17-16-21-10-6-4-7-11-21)26-18-23(14-15-24(25)26)22-12-8-5-9-13-22/h4-15,18H,3,16-17,19H2,1-2H3. The van der Waals surface area contributed by atoms with Crippen LogP contribution >= 0.6 is 0 Å². The number of rotatable bonds is 7. The second-order valence-electron chi connectivity index (χ2n) is 7.53. The van der Waals surface area contributed by atoms with E-state index >= 15 is 0 Å².